The molecule has 3 aromatic heterocycles. The van der Waals surface area contributed by atoms with Crippen molar-refractivity contribution in [2.75, 3.05) is 0 Å². The van der Waals surface area contributed by atoms with E-state index < -0.39 is 41.0 Å². The maximum absolute atomic E-state index is 15.7. The zero-order chi connectivity index (χ0) is 25.1. The largest absolute Gasteiger partial charge is 0.437 e. The molecule has 1 unspecified atom stereocenters. The Bertz CT molecular complexity index is 1320. The van der Waals surface area contributed by atoms with Crippen molar-refractivity contribution in [1.82, 2.24) is 30.2 Å². The maximum Gasteiger partial charge on any atom is 0.323 e. The second-order valence-electron chi connectivity index (χ2n) is 7.22. The number of oxime groups is 1. The van der Waals surface area contributed by atoms with E-state index in [0.717, 1.165) is 47.7 Å². The molecule has 0 amide bonds. The number of hydrogen-bond donors (Lipinski definition) is 2. The molecule has 0 radical (unpaired) electrons. The number of alkyl halides is 2. The summed E-state index contributed by atoms with van der Waals surface area (Å²) in [6.45, 7) is -0.969. The predicted molar refractivity (Wildman–Crippen MR) is 110 cm³/mol. The van der Waals surface area contributed by atoms with Crippen LogP contribution in [0.25, 0.3) is 0 Å². The number of tetrazole rings is 1. The Kier molecular flexibility index (Phi) is 6.38. The van der Waals surface area contributed by atoms with Crippen molar-refractivity contribution >= 4 is 6.21 Å². The summed E-state index contributed by atoms with van der Waals surface area (Å²) in [5, 5.41) is 32.6. The number of nitrogens with zero attached hydrogens (tertiary/aromatic N) is 7. The molecular formula is C21H15F4N7O3. The minimum atomic E-state index is -4.19. The molecule has 0 bridgehead atoms. The molecule has 4 rings (SSSR count). The fraction of sp³-hybridized carbons (Fsp3) is 0.143. The van der Waals surface area contributed by atoms with Crippen molar-refractivity contribution in [3.63, 3.8) is 0 Å². The van der Waals surface area contributed by atoms with Gasteiger partial charge in [-0.05, 0) is 40.8 Å². The minimum absolute atomic E-state index is 0.0394. The van der Waals surface area contributed by atoms with E-state index in [2.05, 4.69) is 30.6 Å². The molecule has 180 valence electrons. The lowest BCUT2D eigenvalue weighted by Gasteiger charge is -2.35. The van der Waals surface area contributed by atoms with Crippen LogP contribution in [0.15, 0.2) is 66.3 Å². The third-order valence-corrected chi connectivity index (χ3v) is 4.92. The van der Waals surface area contributed by atoms with Crippen molar-refractivity contribution in [3.8, 4) is 11.6 Å². The Morgan fingerprint density at radius 2 is 1.89 bits per heavy atom. The van der Waals surface area contributed by atoms with E-state index in [-0.39, 0.29) is 11.6 Å². The number of aliphatic hydroxyl groups is 1. The lowest BCUT2D eigenvalue weighted by Crippen LogP contribution is -2.48. The van der Waals surface area contributed by atoms with Crippen LogP contribution in [0.5, 0.6) is 11.6 Å². The van der Waals surface area contributed by atoms with Gasteiger partial charge in [-0.15, -0.1) is 5.10 Å². The summed E-state index contributed by atoms with van der Waals surface area (Å²) in [5.74, 6) is -6.45. The van der Waals surface area contributed by atoms with Crippen molar-refractivity contribution in [2.24, 2.45) is 5.16 Å². The summed E-state index contributed by atoms with van der Waals surface area (Å²) in [7, 11) is 0. The molecule has 0 aliphatic carbocycles. The number of pyridine rings is 2. The Balaban J connectivity index is 1.66. The summed E-state index contributed by atoms with van der Waals surface area (Å²) in [6.07, 6.45) is 4.42. The first-order valence-electron chi connectivity index (χ1n) is 9.77. The summed E-state index contributed by atoms with van der Waals surface area (Å²) in [4.78, 5) is 7.65. The van der Waals surface area contributed by atoms with Gasteiger partial charge in [-0.2, -0.15) is 8.78 Å². The third-order valence-electron chi connectivity index (χ3n) is 4.92. The number of halogens is 4. The first-order valence-corrected chi connectivity index (χ1v) is 9.77. The highest BCUT2D eigenvalue weighted by atomic mass is 19.3. The molecule has 3 heterocycles. The minimum Gasteiger partial charge on any atom is -0.437 e. The van der Waals surface area contributed by atoms with Crippen LogP contribution in [0, 0.1) is 11.6 Å². The van der Waals surface area contributed by atoms with Gasteiger partial charge in [0.25, 0.3) is 0 Å². The van der Waals surface area contributed by atoms with Gasteiger partial charge in [0.05, 0.1) is 19.0 Å². The molecular weight excluding hydrogens is 474 g/mol. The molecule has 14 heteroatoms. The highest BCUT2D eigenvalue weighted by Gasteiger charge is 2.58. The first kappa shape index (κ1) is 23.7. The molecule has 0 saturated heterocycles. The quantitative estimate of drug-likeness (QED) is 0.167. The molecule has 0 saturated carbocycles. The van der Waals surface area contributed by atoms with E-state index in [9.17, 15) is 13.9 Å². The second-order valence-corrected chi connectivity index (χ2v) is 7.22. The topological polar surface area (TPSA) is 131 Å². The first-order chi connectivity index (χ1) is 16.7. The van der Waals surface area contributed by atoms with E-state index in [1.54, 1.807) is 0 Å². The number of aromatic nitrogens is 6. The lowest BCUT2D eigenvalue weighted by molar-refractivity contribution is -0.207. The monoisotopic (exact) mass is 489 g/mol. The molecule has 10 nitrogen and oxygen atoms in total. The Hall–Kier alpha value is -4.46. The molecule has 4 aromatic rings. The predicted octanol–water partition coefficient (Wildman–Crippen LogP) is 3.02. The molecule has 0 aliphatic heterocycles. The van der Waals surface area contributed by atoms with Gasteiger partial charge in [-0.3, -0.25) is 4.98 Å². The summed E-state index contributed by atoms with van der Waals surface area (Å²) in [5.41, 5.74) is -4.56. The fourth-order valence-corrected chi connectivity index (χ4v) is 3.22. The van der Waals surface area contributed by atoms with Crippen LogP contribution in [0.3, 0.4) is 0 Å². The van der Waals surface area contributed by atoms with Crippen LogP contribution in [0.1, 0.15) is 16.8 Å². The summed E-state index contributed by atoms with van der Waals surface area (Å²) in [6, 6.07) is 6.86. The van der Waals surface area contributed by atoms with E-state index in [0.29, 0.717) is 11.6 Å². The lowest BCUT2D eigenvalue weighted by atomic mass is 9.84. The highest BCUT2D eigenvalue weighted by Crippen LogP contribution is 2.46. The average Bonchev–Trinajstić information content (AvgIpc) is 3.33. The van der Waals surface area contributed by atoms with Crippen LogP contribution in [-0.2, 0) is 18.1 Å². The average molecular weight is 489 g/mol. The number of rotatable bonds is 8. The Labute approximate surface area is 194 Å². The molecule has 2 N–H and O–H groups in total. The van der Waals surface area contributed by atoms with Gasteiger partial charge in [0.2, 0.25) is 5.88 Å². The number of benzene rings is 1. The van der Waals surface area contributed by atoms with Gasteiger partial charge < -0.3 is 15.1 Å². The SMILES string of the molecule is O/N=C/c1ccc(Oc2ccc(C(F)(F)C(O)(Cn3cnnn3)c3ccc(F)cc3F)nc2)nc1. The van der Waals surface area contributed by atoms with Crippen LogP contribution < -0.4 is 4.74 Å². The van der Waals surface area contributed by atoms with Crippen LogP contribution in [0.2, 0.25) is 0 Å². The zero-order valence-corrected chi connectivity index (χ0v) is 17.5. The Morgan fingerprint density at radius 1 is 1.06 bits per heavy atom. The molecule has 0 fully saturated rings. The van der Waals surface area contributed by atoms with Crippen LogP contribution >= 0.6 is 0 Å². The van der Waals surface area contributed by atoms with Crippen LogP contribution in [0.4, 0.5) is 17.6 Å². The van der Waals surface area contributed by atoms with Crippen molar-refractivity contribution in [3.05, 3.63) is 89.6 Å². The van der Waals surface area contributed by atoms with Gasteiger partial charge >= 0.3 is 5.92 Å². The van der Waals surface area contributed by atoms with Gasteiger partial charge in [0.15, 0.2) is 5.60 Å². The zero-order valence-electron chi connectivity index (χ0n) is 17.5. The van der Waals surface area contributed by atoms with Crippen molar-refractivity contribution < 1.29 is 32.6 Å². The van der Waals surface area contributed by atoms with E-state index in [1.165, 1.54) is 18.3 Å². The normalized spacial score (nSPS) is 13.6. The van der Waals surface area contributed by atoms with Gasteiger partial charge in [0, 0.05) is 29.5 Å². The smallest absolute Gasteiger partial charge is 0.323 e. The maximum atomic E-state index is 15.7. The third kappa shape index (κ3) is 4.77. The summed E-state index contributed by atoms with van der Waals surface area (Å²) < 4.78 is 65.6. The van der Waals surface area contributed by atoms with Crippen LogP contribution in [-0.4, -0.2) is 46.7 Å². The van der Waals surface area contributed by atoms with E-state index in [4.69, 9.17) is 9.94 Å². The van der Waals surface area contributed by atoms with Crippen molar-refractivity contribution in [1.29, 1.82) is 0 Å². The summed E-state index contributed by atoms with van der Waals surface area (Å²) >= 11 is 0. The Morgan fingerprint density at radius 3 is 2.49 bits per heavy atom. The number of hydrogen-bond acceptors (Lipinski definition) is 9. The van der Waals surface area contributed by atoms with Crippen molar-refractivity contribution in [2.45, 2.75) is 18.1 Å². The number of ether oxygens (including phenoxy) is 1. The highest BCUT2D eigenvalue weighted by molar-refractivity contribution is 5.78. The second kappa shape index (κ2) is 9.42. The molecule has 0 aliphatic rings. The van der Waals surface area contributed by atoms with E-state index >= 15 is 8.78 Å². The standard InChI is InChI=1S/C21H15F4N7O3/c22-14-2-4-16(17(23)7-14)20(33,11-32-12-28-30-31-32)21(24,25)18-5-3-15(10-26-18)35-19-6-1-13(8-27-19)9-29-34/h1-10,12,33-34H,11H2/b29-9+. The fourth-order valence-electron chi connectivity index (χ4n) is 3.22. The molecule has 1 aromatic carbocycles. The molecule has 35 heavy (non-hydrogen) atoms. The van der Waals surface area contributed by atoms with Gasteiger partial charge in [-0.25, -0.2) is 18.4 Å². The van der Waals surface area contributed by atoms with E-state index in [1.807, 2.05) is 0 Å². The van der Waals surface area contributed by atoms with Gasteiger partial charge in [-0.1, -0.05) is 5.16 Å². The van der Waals surface area contributed by atoms with Gasteiger partial charge in [0.1, 0.15) is 29.4 Å². The molecule has 1 atom stereocenters. The molecule has 0 spiro atoms.